The molecule has 108 valence electrons. The van der Waals surface area contributed by atoms with Crippen LogP contribution in [0.15, 0.2) is 45.8 Å². The van der Waals surface area contributed by atoms with E-state index in [1.54, 1.807) is 0 Å². The normalized spacial score (nSPS) is 10.9. The summed E-state index contributed by atoms with van der Waals surface area (Å²) in [7, 11) is -3.86. The van der Waals surface area contributed by atoms with Gasteiger partial charge in [-0.2, -0.15) is 5.26 Å². The van der Waals surface area contributed by atoms with Crippen LogP contribution in [-0.4, -0.2) is 8.42 Å². The zero-order valence-corrected chi connectivity index (χ0v) is 13.6. The number of nitrogens with one attached hydrogen (secondary N) is 1. The van der Waals surface area contributed by atoms with Crippen LogP contribution in [0.4, 0.5) is 11.4 Å². The van der Waals surface area contributed by atoms with E-state index in [0.717, 1.165) is 0 Å². The number of anilines is 2. The minimum atomic E-state index is -3.86. The third-order valence-electron chi connectivity index (χ3n) is 2.62. The number of rotatable bonds is 3. The van der Waals surface area contributed by atoms with Crippen molar-refractivity contribution >= 4 is 48.9 Å². The number of nitrogens with two attached hydrogens (primary N) is 1. The maximum Gasteiger partial charge on any atom is 0.262 e. The molecule has 0 unspecified atom stereocenters. The van der Waals surface area contributed by atoms with Crippen LogP contribution in [0.3, 0.4) is 0 Å². The molecule has 0 spiro atoms. The molecule has 2 aromatic rings. The van der Waals surface area contributed by atoms with Crippen molar-refractivity contribution in [3.05, 3.63) is 51.5 Å². The Kier molecular flexibility index (Phi) is 4.42. The molecule has 5 nitrogen and oxygen atoms in total. The molecule has 8 heteroatoms. The molecule has 2 aromatic carbocycles. The van der Waals surface area contributed by atoms with Gasteiger partial charge in [-0.1, -0.05) is 11.6 Å². The lowest BCUT2D eigenvalue weighted by molar-refractivity contribution is 0.601. The van der Waals surface area contributed by atoms with Crippen LogP contribution in [0.25, 0.3) is 0 Å². The molecule has 0 amide bonds. The van der Waals surface area contributed by atoms with E-state index in [4.69, 9.17) is 22.6 Å². The molecule has 3 N–H and O–H groups in total. The number of sulfonamides is 1. The summed E-state index contributed by atoms with van der Waals surface area (Å²) in [5.41, 5.74) is 6.27. The van der Waals surface area contributed by atoms with Gasteiger partial charge in [0.05, 0.1) is 16.1 Å². The Morgan fingerprint density at radius 1 is 1.24 bits per heavy atom. The molecule has 0 aliphatic heterocycles. The summed E-state index contributed by atoms with van der Waals surface area (Å²) in [6.45, 7) is 0. The zero-order chi connectivity index (χ0) is 15.6. The lowest BCUT2D eigenvalue weighted by atomic mass is 10.2. The Bertz CT molecular complexity index is 847. The van der Waals surface area contributed by atoms with Crippen molar-refractivity contribution in [1.29, 1.82) is 5.26 Å². The second-order valence-electron chi connectivity index (χ2n) is 4.09. The zero-order valence-electron chi connectivity index (χ0n) is 10.5. The molecule has 0 saturated heterocycles. The van der Waals surface area contributed by atoms with Gasteiger partial charge in [-0.25, -0.2) is 8.42 Å². The number of benzene rings is 2. The second kappa shape index (κ2) is 5.93. The summed E-state index contributed by atoms with van der Waals surface area (Å²) < 4.78 is 27.6. The highest BCUT2D eigenvalue weighted by atomic mass is 79.9. The fourth-order valence-electron chi connectivity index (χ4n) is 1.59. The van der Waals surface area contributed by atoms with Crippen LogP contribution in [0.2, 0.25) is 5.02 Å². The van der Waals surface area contributed by atoms with E-state index < -0.39 is 10.0 Å². The first kappa shape index (κ1) is 15.6. The third-order valence-corrected chi connectivity index (χ3v) is 4.94. The van der Waals surface area contributed by atoms with Crippen LogP contribution in [0.5, 0.6) is 0 Å². The Labute approximate surface area is 135 Å². The van der Waals surface area contributed by atoms with Gasteiger partial charge in [0.15, 0.2) is 0 Å². The van der Waals surface area contributed by atoms with Gasteiger partial charge in [-0.3, -0.25) is 4.72 Å². The second-order valence-corrected chi connectivity index (χ2v) is 7.06. The van der Waals surface area contributed by atoms with Gasteiger partial charge in [-0.05, 0) is 52.3 Å². The molecule has 0 aliphatic rings. The van der Waals surface area contributed by atoms with Crippen molar-refractivity contribution < 1.29 is 8.42 Å². The van der Waals surface area contributed by atoms with Crippen molar-refractivity contribution in [1.82, 2.24) is 0 Å². The SMILES string of the molecule is N#Cc1ccc(Cl)cc1NS(=O)(=O)c1ccc(Br)c(N)c1. The van der Waals surface area contributed by atoms with Crippen molar-refractivity contribution in [2.75, 3.05) is 10.5 Å². The highest BCUT2D eigenvalue weighted by molar-refractivity contribution is 9.10. The van der Waals surface area contributed by atoms with E-state index in [1.807, 2.05) is 6.07 Å². The van der Waals surface area contributed by atoms with E-state index in [-0.39, 0.29) is 16.1 Å². The van der Waals surface area contributed by atoms with Crippen molar-refractivity contribution in [2.45, 2.75) is 4.90 Å². The number of hydrogen-bond donors (Lipinski definition) is 2. The van der Waals surface area contributed by atoms with Crippen molar-refractivity contribution in [2.24, 2.45) is 0 Å². The largest absolute Gasteiger partial charge is 0.398 e. The Morgan fingerprint density at radius 2 is 1.95 bits per heavy atom. The fourth-order valence-corrected chi connectivity index (χ4v) is 3.12. The van der Waals surface area contributed by atoms with Crippen LogP contribution >= 0.6 is 27.5 Å². The summed E-state index contributed by atoms with van der Waals surface area (Å²) in [5, 5.41) is 9.32. The molecular formula is C13H9BrClN3O2S. The Balaban J connectivity index is 2.45. The molecule has 0 bridgehead atoms. The van der Waals surface area contributed by atoms with Crippen LogP contribution in [0, 0.1) is 11.3 Å². The molecule has 0 atom stereocenters. The summed E-state index contributed by atoms with van der Waals surface area (Å²) in [6.07, 6.45) is 0. The molecular weight excluding hydrogens is 378 g/mol. The van der Waals surface area contributed by atoms with Gasteiger partial charge >= 0.3 is 0 Å². The fraction of sp³-hybridized carbons (Fsp3) is 0. The third kappa shape index (κ3) is 3.47. The number of nitrogen functional groups attached to an aromatic ring is 1. The first-order valence-corrected chi connectivity index (χ1v) is 8.26. The lowest BCUT2D eigenvalue weighted by Crippen LogP contribution is -2.14. The average molecular weight is 387 g/mol. The topological polar surface area (TPSA) is 96.0 Å². The minimum absolute atomic E-state index is 0.00735. The molecule has 0 fully saturated rings. The summed E-state index contributed by atoms with van der Waals surface area (Å²) in [5.74, 6) is 0. The molecule has 21 heavy (non-hydrogen) atoms. The first-order valence-electron chi connectivity index (χ1n) is 5.61. The smallest absolute Gasteiger partial charge is 0.262 e. The quantitative estimate of drug-likeness (QED) is 0.791. The van der Waals surface area contributed by atoms with Gasteiger partial charge < -0.3 is 5.73 Å². The summed E-state index contributed by atoms with van der Waals surface area (Å²) >= 11 is 9.02. The lowest BCUT2D eigenvalue weighted by Gasteiger charge is -2.10. The van der Waals surface area contributed by atoms with E-state index in [0.29, 0.717) is 15.2 Å². The molecule has 2 rings (SSSR count). The standard InChI is InChI=1S/C13H9BrClN3O2S/c14-11-4-3-10(6-12(11)17)21(19,20)18-13-5-9(15)2-1-8(13)7-16/h1-6,18H,17H2. The predicted octanol–water partition coefficient (Wildman–Crippen LogP) is 3.36. The van der Waals surface area contributed by atoms with Gasteiger partial charge in [0.25, 0.3) is 10.0 Å². The highest BCUT2D eigenvalue weighted by Crippen LogP contribution is 2.26. The van der Waals surface area contributed by atoms with Gasteiger partial charge in [0.1, 0.15) is 6.07 Å². The monoisotopic (exact) mass is 385 g/mol. The van der Waals surface area contributed by atoms with E-state index in [1.165, 1.54) is 36.4 Å². The predicted molar refractivity (Wildman–Crippen MR) is 85.5 cm³/mol. The van der Waals surface area contributed by atoms with E-state index in [2.05, 4.69) is 20.7 Å². The van der Waals surface area contributed by atoms with Gasteiger partial charge in [0.2, 0.25) is 0 Å². The molecule has 0 aliphatic carbocycles. The maximum atomic E-state index is 12.3. The molecule has 0 heterocycles. The van der Waals surface area contributed by atoms with E-state index in [9.17, 15) is 8.42 Å². The number of halogens is 2. The van der Waals surface area contributed by atoms with Gasteiger partial charge in [0, 0.05) is 15.2 Å². The number of hydrogen-bond acceptors (Lipinski definition) is 4. The van der Waals surface area contributed by atoms with Crippen molar-refractivity contribution in [3.8, 4) is 6.07 Å². The van der Waals surface area contributed by atoms with Crippen molar-refractivity contribution in [3.63, 3.8) is 0 Å². The Hall–Kier alpha value is -1.75. The van der Waals surface area contributed by atoms with Crippen LogP contribution < -0.4 is 10.5 Å². The van der Waals surface area contributed by atoms with Crippen LogP contribution in [0.1, 0.15) is 5.56 Å². The summed E-state index contributed by atoms with van der Waals surface area (Å²) in [6, 6.07) is 10.5. The van der Waals surface area contributed by atoms with Crippen LogP contribution in [-0.2, 0) is 10.0 Å². The minimum Gasteiger partial charge on any atom is -0.398 e. The molecule has 0 saturated carbocycles. The molecule has 0 aromatic heterocycles. The summed E-state index contributed by atoms with van der Waals surface area (Å²) in [4.78, 5) is -0.00735. The first-order chi connectivity index (χ1) is 9.83. The highest BCUT2D eigenvalue weighted by Gasteiger charge is 2.17. The number of nitrogens with zero attached hydrogens (tertiary/aromatic N) is 1. The maximum absolute atomic E-state index is 12.3. The average Bonchev–Trinajstić information content (AvgIpc) is 2.41. The Morgan fingerprint density at radius 3 is 2.57 bits per heavy atom. The molecule has 0 radical (unpaired) electrons. The van der Waals surface area contributed by atoms with E-state index >= 15 is 0 Å². The number of nitriles is 1. The van der Waals surface area contributed by atoms with Gasteiger partial charge in [-0.15, -0.1) is 0 Å².